The molecule has 0 aliphatic heterocycles. The maximum Gasteiger partial charge on any atom is 0.140 e. The lowest BCUT2D eigenvalue weighted by molar-refractivity contribution is 0.959. The Morgan fingerprint density at radius 2 is 1.03 bits per heavy atom. The Hall–Kier alpha value is -4.18. The summed E-state index contributed by atoms with van der Waals surface area (Å²) in [6.07, 6.45) is 0. The second kappa shape index (κ2) is 8.75. The van der Waals surface area contributed by atoms with E-state index in [0.717, 1.165) is 33.8 Å². The number of aryl methyl sites for hydroxylation is 3. The van der Waals surface area contributed by atoms with Gasteiger partial charge in [-0.3, -0.25) is 0 Å². The van der Waals surface area contributed by atoms with Crippen LogP contribution in [0.2, 0.25) is 0 Å². The van der Waals surface area contributed by atoms with Gasteiger partial charge in [0.25, 0.3) is 0 Å². The molecule has 6 rings (SSSR count). The summed E-state index contributed by atoms with van der Waals surface area (Å²) in [4.78, 5) is 9.39. The van der Waals surface area contributed by atoms with Gasteiger partial charge < -0.3 is 9.13 Å². The first kappa shape index (κ1) is 20.7. The highest BCUT2D eigenvalue weighted by Gasteiger charge is 2.10. The molecule has 0 radical (unpaired) electrons. The van der Waals surface area contributed by atoms with Crippen LogP contribution in [0.25, 0.3) is 44.8 Å². The van der Waals surface area contributed by atoms with Crippen LogP contribution in [0.5, 0.6) is 0 Å². The summed E-state index contributed by atoms with van der Waals surface area (Å²) in [6, 6.07) is 35.0. The van der Waals surface area contributed by atoms with Crippen LogP contribution in [-0.4, -0.2) is 19.1 Å². The topological polar surface area (TPSA) is 35.6 Å². The second-order valence-corrected chi connectivity index (χ2v) is 8.15. The van der Waals surface area contributed by atoms with E-state index in [-0.39, 0.29) is 0 Å². The first-order valence-corrected chi connectivity index (χ1v) is 11.1. The number of fused-ring (bicyclic) bond motifs is 2. The van der Waals surface area contributed by atoms with Crippen LogP contribution in [0.4, 0.5) is 0 Å². The molecule has 2 heterocycles. The molecule has 4 aromatic carbocycles. The Morgan fingerprint density at radius 3 is 1.64 bits per heavy atom. The van der Waals surface area contributed by atoms with Crippen LogP contribution in [0, 0.1) is 6.92 Å². The van der Waals surface area contributed by atoms with Crippen LogP contribution in [0.3, 0.4) is 0 Å². The minimum atomic E-state index is 1.02. The van der Waals surface area contributed by atoms with Crippen molar-refractivity contribution < 1.29 is 0 Å². The van der Waals surface area contributed by atoms with Gasteiger partial charge in [-0.05, 0) is 30.7 Å². The van der Waals surface area contributed by atoms with Crippen molar-refractivity contribution in [2.45, 2.75) is 6.92 Å². The zero-order valence-electron chi connectivity index (χ0n) is 19.1. The molecule has 0 aliphatic carbocycles. The molecule has 0 unspecified atom stereocenters. The number of hydrogen-bond donors (Lipinski definition) is 0. The molecule has 4 heteroatoms. The van der Waals surface area contributed by atoms with Crippen LogP contribution >= 0.6 is 0 Å². The molecule has 2 aromatic heterocycles. The number of hydrogen-bond acceptors (Lipinski definition) is 2. The Balaban J connectivity index is 0.000000139. The third-order valence-electron chi connectivity index (χ3n) is 5.96. The fraction of sp³-hybridized carbons (Fsp3) is 0.103. The maximum atomic E-state index is 4.74. The third-order valence-corrected chi connectivity index (χ3v) is 5.96. The molecule has 0 amide bonds. The van der Waals surface area contributed by atoms with E-state index >= 15 is 0 Å². The first-order chi connectivity index (χ1) is 16.1. The van der Waals surface area contributed by atoms with E-state index in [9.17, 15) is 0 Å². The minimum absolute atomic E-state index is 1.02. The number of benzene rings is 4. The van der Waals surface area contributed by atoms with E-state index in [1.54, 1.807) is 0 Å². The second-order valence-electron chi connectivity index (χ2n) is 8.15. The molecule has 0 bridgehead atoms. The van der Waals surface area contributed by atoms with Gasteiger partial charge in [-0.25, -0.2) is 9.97 Å². The van der Waals surface area contributed by atoms with E-state index in [1.807, 2.05) is 54.6 Å². The highest BCUT2D eigenvalue weighted by atomic mass is 15.1. The standard InChI is InChI=1S/C15H14N2.C14H12N2/c1-11-7-6-10-13-14(11)16-15(17(13)2)12-8-4-3-5-9-12;1-16-13-10-6-5-9-12(13)15-14(16)11-7-3-2-4-8-11/h3-10H,1-2H3;2-10H,1H3. The van der Waals surface area contributed by atoms with Crippen molar-refractivity contribution in [2.75, 3.05) is 0 Å². The van der Waals surface area contributed by atoms with Crippen molar-refractivity contribution in [1.82, 2.24) is 19.1 Å². The van der Waals surface area contributed by atoms with Gasteiger partial charge >= 0.3 is 0 Å². The summed E-state index contributed by atoms with van der Waals surface area (Å²) in [7, 11) is 4.12. The van der Waals surface area contributed by atoms with Crippen molar-refractivity contribution in [3.63, 3.8) is 0 Å². The van der Waals surface area contributed by atoms with Gasteiger partial charge in [0.1, 0.15) is 11.6 Å². The van der Waals surface area contributed by atoms with Gasteiger partial charge in [-0.2, -0.15) is 0 Å². The monoisotopic (exact) mass is 430 g/mol. The molecule has 33 heavy (non-hydrogen) atoms. The zero-order valence-corrected chi connectivity index (χ0v) is 19.1. The van der Waals surface area contributed by atoms with Crippen LogP contribution in [0.15, 0.2) is 103 Å². The molecule has 4 nitrogen and oxygen atoms in total. The number of nitrogens with zero attached hydrogens (tertiary/aromatic N) is 4. The molecule has 0 atom stereocenters. The summed E-state index contributed by atoms with van der Waals surface area (Å²) in [5.74, 6) is 2.04. The van der Waals surface area contributed by atoms with Crippen LogP contribution < -0.4 is 0 Å². The lowest BCUT2D eigenvalue weighted by atomic mass is 10.2. The summed E-state index contributed by atoms with van der Waals surface area (Å²) in [5, 5.41) is 0. The number of para-hydroxylation sites is 3. The number of imidazole rings is 2. The molecule has 6 aromatic rings. The molecule has 0 N–H and O–H groups in total. The van der Waals surface area contributed by atoms with Gasteiger partial charge in [0, 0.05) is 25.2 Å². The highest BCUT2D eigenvalue weighted by molar-refractivity contribution is 5.83. The normalized spacial score (nSPS) is 10.9. The fourth-order valence-corrected chi connectivity index (χ4v) is 4.19. The third kappa shape index (κ3) is 3.92. The summed E-state index contributed by atoms with van der Waals surface area (Å²) in [6.45, 7) is 2.10. The Morgan fingerprint density at radius 1 is 0.515 bits per heavy atom. The average molecular weight is 431 g/mol. The Labute approximate surface area is 193 Å². The molecular weight excluding hydrogens is 404 g/mol. The quantitative estimate of drug-likeness (QED) is 0.303. The van der Waals surface area contributed by atoms with Crippen LogP contribution in [0.1, 0.15) is 5.56 Å². The Bertz CT molecular complexity index is 1530. The van der Waals surface area contributed by atoms with E-state index in [1.165, 1.54) is 16.6 Å². The molecule has 0 saturated carbocycles. The van der Waals surface area contributed by atoms with Gasteiger partial charge in [-0.1, -0.05) is 84.9 Å². The lowest BCUT2D eigenvalue weighted by Gasteiger charge is -2.01. The van der Waals surface area contributed by atoms with E-state index in [0.29, 0.717) is 0 Å². The van der Waals surface area contributed by atoms with E-state index in [4.69, 9.17) is 4.98 Å². The minimum Gasteiger partial charge on any atom is -0.327 e. The lowest BCUT2D eigenvalue weighted by Crippen LogP contribution is -1.91. The molecule has 0 spiro atoms. The number of aromatic nitrogens is 4. The molecule has 162 valence electrons. The van der Waals surface area contributed by atoms with Gasteiger partial charge in [-0.15, -0.1) is 0 Å². The van der Waals surface area contributed by atoms with Crippen molar-refractivity contribution in [2.24, 2.45) is 14.1 Å². The van der Waals surface area contributed by atoms with E-state index < -0.39 is 0 Å². The predicted octanol–water partition coefficient (Wildman–Crippen LogP) is 6.79. The highest BCUT2D eigenvalue weighted by Crippen LogP contribution is 2.25. The van der Waals surface area contributed by atoms with Crippen molar-refractivity contribution in [1.29, 1.82) is 0 Å². The van der Waals surface area contributed by atoms with Gasteiger partial charge in [0.05, 0.1) is 22.1 Å². The van der Waals surface area contributed by atoms with Gasteiger partial charge in [0.15, 0.2) is 0 Å². The maximum absolute atomic E-state index is 4.74. The first-order valence-electron chi connectivity index (χ1n) is 11.1. The summed E-state index contributed by atoms with van der Waals surface area (Å²) in [5.41, 5.74) is 8.02. The molecular formula is C29H26N4. The zero-order chi connectivity index (χ0) is 22.8. The van der Waals surface area contributed by atoms with Crippen molar-refractivity contribution in [3.8, 4) is 22.8 Å². The predicted molar refractivity (Wildman–Crippen MR) is 137 cm³/mol. The molecule has 0 aliphatic rings. The van der Waals surface area contributed by atoms with Crippen molar-refractivity contribution >= 4 is 22.1 Å². The van der Waals surface area contributed by atoms with Crippen molar-refractivity contribution in [3.05, 3.63) is 109 Å². The Kier molecular flexibility index (Phi) is 5.49. The fourth-order valence-electron chi connectivity index (χ4n) is 4.19. The molecule has 0 saturated heterocycles. The van der Waals surface area contributed by atoms with Crippen LogP contribution in [-0.2, 0) is 14.1 Å². The van der Waals surface area contributed by atoms with Gasteiger partial charge in [0.2, 0.25) is 0 Å². The summed E-state index contributed by atoms with van der Waals surface area (Å²) >= 11 is 0. The average Bonchev–Trinajstić information content (AvgIpc) is 3.39. The smallest absolute Gasteiger partial charge is 0.140 e. The largest absolute Gasteiger partial charge is 0.327 e. The SMILES string of the molecule is Cc1cccc2c1nc(-c1ccccc1)n2C.Cn1c(-c2ccccc2)nc2ccccc21. The van der Waals surface area contributed by atoms with E-state index in [2.05, 4.69) is 83.7 Å². The number of rotatable bonds is 2. The summed E-state index contributed by atoms with van der Waals surface area (Å²) < 4.78 is 4.28. The molecule has 0 fully saturated rings.